The molecule has 1 heterocycles. The topological polar surface area (TPSA) is 128 Å². The summed E-state index contributed by atoms with van der Waals surface area (Å²) < 4.78 is 58.3. The van der Waals surface area contributed by atoms with Gasteiger partial charge in [-0.1, -0.05) is 29.5 Å². The Bertz CT molecular complexity index is 1880. The number of methoxy groups -OCH3 is 2. The van der Waals surface area contributed by atoms with Crippen molar-refractivity contribution in [2.45, 2.75) is 15.9 Å². The minimum absolute atomic E-state index is 0.0492. The first-order chi connectivity index (χ1) is 20.2. The quantitative estimate of drug-likeness (QED) is 0.206. The van der Waals surface area contributed by atoms with Gasteiger partial charge in [0.25, 0.3) is 5.91 Å². The summed E-state index contributed by atoms with van der Waals surface area (Å²) in [6.07, 6.45) is -1.46. The molecule has 212 valence electrons. The fourth-order valence-electron chi connectivity index (χ4n) is 4.16. The molecule has 1 aromatic heterocycles. The summed E-state index contributed by atoms with van der Waals surface area (Å²) in [5.41, 5.74) is 0.980. The molecule has 5 aromatic rings. The lowest BCUT2D eigenvalue weighted by atomic mass is 10.1. The number of hydrogen-bond acceptors (Lipinski definition) is 9. The second kappa shape index (κ2) is 11.9. The van der Waals surface area contributed by atoms with E-state index in [0.29, 0.717) is 27.3 Å². The average molecular weight is 604 g/mol. The lowest BCUT2D eigenvalue weighted by Crippen LogP contribution is -2.27. The molecule has 0 fully saturated rings. The van der Waals surface area contributed by atoms with Crippen LogP contribution < -0.4 is 19.5 Å². The van der Waals surface area contributed by atoms with E-state index in [1.54, 1.807) is 18.2 Å². The van der Waals surface area contributed by atoms with Gasteiger partial charge in [0, 0.05) is 17.7 Å². The highest BCUT2D eigenvalue weighted by molar-refractivity contribution is 7.91. The van der Waals surface area contributed by atoms with Crippen molar-refractivity contribution >= 4 is 42.4 Å². The van der Waals surface area contributed by atoms with Gasteiger partial charge in [-0.15, -0.1) is 0 Å². The zero-order chi connectivity index (χ0) is 29.9. The third-order valence-corrected chi connectivity index (χ3v) is 8.99. The Balaban J connectivity index is 1.56. The Morgan fingerprint density at radius 2 is 1.64 bits per heavy atom. The Kier molecular flexibility index (Phi) is 8.06. The average Bonchev–Trinajstić information content (AvgIpc) is 3.40. The van der Waals surface area contributed by atoms with Gasteiger partial charge in [-0.2, -0.15) is 5.26 Å². The van der Waals surface area contributed by atoms with Gasteiger partial charge in [-0.3, -0.25) is 10.1 Å². The molecular formula is C30H22FN3O6S2. The zero-order valence-corrected chi connectivity index (χ0v) is 23.8. The van der Waals surface area contributed by atoms with Gasteiger partial charge in [0.05, 0.1) is 45.9 Å². The molecule has 0 aliphatic heterocycles. The van der Waals surface area contributed by atoms with Crippen molar-refractivity contribution in [1.82, 2.24) is 4.98 Å². The van der Waals surface area contributed by atoms with Gasteiger partial charge in [0.1, 0.15) is 11.6 Å². The lowest BCUT2D eigenvalue weighted by Gasteiger charge is -2.21. The van der Waals surface area contributed by atoms with Crippen molar-refractivity contribution in [3.05, 3.63) is 102 Å². The molecule has 0 saturated carbocycles. The number of nitrogens with one attached hydrogen (secondary N) is 1. The Morgan fingerprint density at radius 3 is 2.31 bits per heavy atom. The van der Waals surface area contributed by atoms with Crippen LogP contribution in [0.1, 0.15) is 17.2 Å². The van der Waals surface area contributed by atoms with E-state index in [-0.39, 0.29) is 26.2 Å². The summed E-state index contributed by atoms with van der Waals surface area (Å²) in [7, 11) is -1.18. The Morgan fingerprint density at radius 1 is 0.976 bits per heavy atom. The van der Waals surface area contributed by atoms with Gasteiger partial charge in [0.15, 0.2) is 16.6 Å². The predicted octanol–water partition coefficient (Wildman–Crippen LogP) is 5.92. The maximum Gasteiger partial charge on any atom is 0.272 e. The number of carbonyl (C=O) groups excluding carboxylic acids is 1. The smallest absolute Gasteiger partial charge is 0.272 e. The van der Waals surface area contributed by atoms with Gasteiger partial charge < -0.3 is 14.2 Å². The monoisotopic (exact) mass is 603 g/mol. The predicted molar refractivity (Wildman–Crippen MR) is 154 cm³/mol. The summed E-state index contributed by atoms with van der Waals surface area (Å²) in [6.45, 7) is 0. The van der Waals surface area contributed by atoms with E-state index in [0.717, 1.165) is 24.3 Å². The molecule has 0 aliphatic carbocycles. The molecular weight excluding hydrogens is 581 g/mol. The molecule has 0 saturated heterocycles. The van der Waals surface area contributed by atoms with E-state index in [1.165, 1.54) is 68.0 Å². The van der Waals surface area contributed by atoms with Crippen LogP contribution in [0.25, 0.3) is 10.2 Å². The van der Waals surface area contributed by atoms with E-state index in [4.69, 9.17) is 19.5 Å². The first-order valence-electron chi connectivity index (χ1n) is 12.3. The summed E-state index contributed by atoms with van der Waals surface area (Å²) in [5, 5.41) is 12.1. The van der Waals surface area contributed by atoms with Crippen molar-refractivity contribution in [2.24, 2.45) is 0 Å². The molecule has 0 aliphatic rings. The van der Waals surface area contributed by atoms with Crippen molar-refractivity contribution in [1.29, 1.82) is 5.26 Å². The number of benzene rings is 4. The first kappa shape index (κ1) is 28.5. The van der Waals surface area contributed by atoms with Crippen LogP contribution in [0.3, 0.4) is 0 Å². The molecule has 1 unspecified atom stereocenters. The fourth-order valence-corrected chi connectivity index (χ4v) is 6.53. The van der Waals surface area contributed by atoms with Gasteiger partial charge in [0.2, 0.25) is 15.9 Å². The maximum atomic E-state index is 13.8. The highest BCUT2D eigenvalue weighted by Crippen LogP contribution is 2.37. The van der Waals surface area contributed by atoms with Gasteiger partial charge >= 0.3 is 0 Å². The molecule has 42 heavy (non-hydrogen) atoms. The Hall–Kier alpha value is -4.99. The molecule has 1 atom stereocenters. The van der Waals surface area contributed by atoms with Crippen LogP contribution in [0.2, 0.25) is 0 Å². The van der Waals surface area contributed by atoms with Crippen LogP contribution in [0.5, 0.6) is 17.2 Å². The first-order valence-corrected chi connectivity index (χ1v) is 14.6. The van der Waals surface area contributed by atoms with Crippen molar-refractivity contribution in [2.75, 3.05) is 19.5 Å². The summed E-state index contributed by atoms with van der Waals surface area (Å²) in [6, 6.07) is 21.8. The maximum absolute atomic E-state index is 13.8. The normalized spacial score (nSPS) is 11.9. The number of ether oxygens (including phenoxy) is 3. The van der Waals surface area contributed by atoms with Crippen molar-refractivity contribution in [3.63, 3.8) is 0 Å². The van der Waals surface area contributed by atoms with Crippen molar-refractivity contribution in [3.8, 4) is 23.3 Å². The molecule has 1 N–H and O–H groups in total. The Labute approximate surface area is 244 Å². The standard InChI is InChI=1S/C30H22FN3O6S2/c1-38-24-15-23-26(16-25(24)39-2)41-30(33-23)34-29(35)28(40-20-11-7-18(17-32)8-12-20)22-5-3-4-6-27(22)42(36,37)21-13-9-19(31)10-14-21/h3-16,28H,1-2H3,(H,33,34,35). The molecule has 1 amide bonds. The highest BCUT2D eigenvalue weighted by Gasteiger charge is 2.31. The van der Waals surface area contributed by atoms with E-state index in [2.05, 4.69) is 10.3 Å². The second-order valence-electron chi connectivity index (χ2n) is 8.81. The summed E-state index contributed by atoms with van der Waals surface area (Å²) in [5.74, 6) is -0.0978. The van der Waals surface area contributed by atoms with Crippen molar-refractivity contribution < 1.29 is 31.8 Å². The number of carbonyl (C=O) groups is 1. The number of anilines is 1. The van der Waals surface area contributed by atoms with E-state index < -0.39 is 27.7 Å². The van der Waals surface area contributed by atoms with Gasteiger partial charge in [-0.05, 0) is 54.6 Å². The number of halogens is 1. The van der Waals surface area contributed by atoms with Crippen LogP contribution in [0.4, 0.5) is 9.52 Å². The van der Waals surface area contributed by atoms with E-state index >= 15 is 0 Å². The van der Waals surface area contributed by atoms with Crippen LogP contribution >= 0.6 is 11.3 Å². The number of amides is 1. The molecule has 4 aromatic carbocycles. The van der Waals surface area contributed by atoms with Crippen LogP contribution in [0, 0.1) is 17.1 Å². The van der Waals surface area contributed by atoms with Crippen LogP contribution in [-0.4, -0.2) is 33.5 Å². The van der Waals surface area contributed by atoms with Gasteiger partial charge in [-0.25, -0.2) is 17.8 Å². The molecule has 5 rings (SSSR count). The number of nitriles is 1. The molecule has 0 bridgehead atoms. The summed E-state index contributed by atoms with van der Waals surface area (Å²) in [4.78, 5) is 17.9. The zero-order valence-electron chi connectivity index (χ0n) is 22.2. The van der Waals surface area contributed by atoms with Crippen LogP contribution in [0.15, 0.2) is 94.7 Å². The number of hydrogen-bond donors (Lipinski definition) is 1. The number of sulfone groups is 1. The number of fused-ring (bicyclic) bond motifs is 1. The van der Waals surface area contributed by atoms with E-state index in [9.17, 15) is 17.6 Å². The number of aromatic nitrogens is 1. The third kappa shape index (κ3) is 5.74. The van der Waals surface area contributed by atoms with E-state index in [1.807, 2.05) is 6.07 Å². The lowest BCUT2D eigenvalue weighted by molar-refractivity contribution is -0.123. The molecule has 0 spiro atoms. The molecule has 9 nitrogen and oxygen atoms in total. The number of thiazole rings is 1. The fraction of sp³-hybridized carbons (Fsp3) is 0.100. The molecule has 0 radical (unpaired) electrons. The molecule has 12 heteroatoms. The van der Waals surface area contributed by atoms with Crippen LogP contribution in [-0.2, 0) is 14.6 Å². The second-order valence-corrected chi connectivity index (χ2v) is 11.8. The largest absolute Gasteiger partial charge is 0.493 e. The summed E-state index contributed by atoms with van der Waals surface area (Å²) >= 11 is 1.18. The minimum Gasteiger partial charge on any atom is -0.493 e. The third-order valence-electron chi connectivity index (χ3n) is 6.21. The SMILES string of the molecule is COc1cc2nc(NC(=O)C(Oc3ccc(C#N)cc3)c3ccccc3S(=O)(=O)c3ccc(F)cc3)sc2cc1OC. The number of nitrogens with zero attached hydrogens (tertiary/aromatic N) is 2. The number of rotatable bonds is 9. The highest BCUT2D eigenvalue weighted by atomic mass is 32.2. The minimum atomic E-state index is -4.19.